The third kappa shape index (κ3) is 40.2. The topological polar surface area (TPSA) is 175 Å². The quantitative estimate of drug-likeness (QED) is 0.0228. The van der Waals surface area contributed by atoms with Gasteiger partial charge in [0, 0.05) is 19.3 Å². The summed E-state index contributed by atoms with van der Waals surface area (Å²) in [6.07, 6.45) is 44.4. The molecule has 1 aliphatic rings. The lowest BCUT2D eigenvalue weighted by Gasteiger charge is -2.40. The van der Waals surface area contributed by atoms with Gasteiger partial charge < -0.3 is 39.0 Å². The van der Waals surface area contributed by atoms with Crippen LogP contribution in [0.2, 0.25) is 0 Å². The Kier molecular flexibility index (Phi) is 46.8. The molecule has 426 valence electrons. The summed E-state index contributed by atoms with van der Waals surface area (Å²) in [7, 11) is 0. The number of aliphatic carboxylic acids is 1. The monoisotopic (exact) mass is 1030 g/mol. The van der Waals surface area contributed by atoms with Crippen molar-refractivity contribution < 1.29 is 58.2 Å². The molecule has 1 fully saturated rings. The zero-order chi connectivity index (χ0) is 53.3. The Hall–Kier alpha value is -2.80. The maximum Gasteiger partial charge on any atom is 0.335 e. The normalized spacial score (nSPS) is 18.4. The molecule has 1 saturated heterocycles. The first-order chi connectivity index (χ1) is 35.6. The summed E-state index contributed by atoms with van der Waals surface area (Å²) in [4.78, 5) is 51.1. The zero-order valence-corrected chi connectivity index (χ0v) is 46.9. The highest BCUT2D eigenvalue weighted by Crippen LogP contribution is 2.27. The van der Waals surface area contributed by atoms with E-state index in [4.69, 9.17) is 23.7 Å². The maximum absolute atomic E-state index is 13.1. The average molecular weight is 1040 g/mol. The SMILES string of the molecule is CCCC/C=C\CCCCCCCC(=O)OC1C(OCC(COC(=O)CCCCCCCCCCCCCCCCCCC)OC(=O)CCCCCCC/C=C\CCCCCCCC)OC(C(=O)O)C(O)C1O. The van der Waals surface area contributed by atoms with Gasteiger partial charge in [-0.2, -0.15) is 0 Å². The Balaban J connectivity index is 2.67. The lowest BCUT2D eigenvalue weighted by Crippen LogP contribution is -2.61. The molecule has 0 aliphatic carbocycles. The number of hydrogen-bond acceptors (Lipinski definition) is 11. The Bertz CT molecular complexity index is 1370. The first-order valence-electron chi connectivity index (χ1n) is 30.3. The van der Waals surface area contributed by atoms with Gasteiger partial charge in [-0.05, 0) is 64.2 Å². The van der Waals surface area contributed by atoms with Crippen LogP contribution in [-0.4, -0.2) is 89.2 Å². The van der Waals surface area contributed by atoms with Crippen LogP contribution in [0.5, 0.6) is 0 Å². The minimum Gasteiger partial charge on any atom is -0.479 e. The molecule has 12 heteroatoms. The average Bonchev–Trinajstić information content (AvgIpc) is 3.37. The Morgan fingerprint density at radius 2 is 0.795 bits per heavy atom. The molecule has 6 unspecified atom stereocenters. The summed E-state index contributed by atoms with van der Waals surface area (Å²) < 4.78 is 28.4. The lowest BCUT2D eigenvalue weighted by atomic mass is 9.98. The van der Waals surface area contributed by atoms with Crippen LogP contribution in [0.3, 0.4) is 0 Å². The zero-order valence-electron chi connectivity index (χ0n) is 46.9. The number of ether oxygens (including phenoxy) is 5. The highest BCUT2D eigenvalue weighted by Gasteiger charge is 2.50. The van der Waals surface area contributed by atoms with Gasteiger partial charge in [0.1, 0.15) is 18.8 Å². The number of aliphatic hydroxyl groups excluding tert-OH is 2. The van der Waals surface area contributed by atoms with Gasteiger partial charge in [0.2, 0.25) is 0 Å². The fourth-order valence-corrected chi connectivity index (χ4v) is 9.29. The van der Waals surface area contributed by atoms with Gasteiger partial charge in [0.05, 0.1) is 6.61 Å². The predicted octanol–water partition coefficient (Wildman–Crippen LogP) is 15.5. The molecule has 0 bridgehead atoms. The van der Waals surface area contributed by atoms with Gasteiger partial charge >= 0.3 is 23.9 Å². The summed E-state index contributed by atoms with van der Waals surface area (Å²) in [6.45, 7) is 5.96. The van der Waals surface area contributed by atoms with Crippen molar-refractivity contribution in [3.05, 3.63) is 24.3 Å². The van der Waals surface area contributed by atoms with E-state index in [9.17, 15) is 34.5 Å². The fraction of sp³-hybridized carbons (Fsp3) is 0.869. The van der Waals surface area contributed by atoms with Crippen LogP contribution in [0.1, 0.15) is 290 Å². The van der Waals surface area contributed by atoms with E-state index in [1.165, 1.54) is 135 Å². The van der Waals surface area contributed by atoms with Gasteiger partial charge in [-0.25, -0.2) is 4.79 Å². The minimum absolute atomic E-state index is 0.0529. The van der Waals surface area contributed by atoms with Gasteiger partial charge in [-0.3, -0.25) is 14.4 Å². The van der Waals surface area contributed by atoms with E-state index in [0.29, 0.717) is 19.3 Å². The smallest absolute Gasteiger partial charge is 0.335 e. The summed E-state index contributed by atoms with van der Waals surface area (Å²) in [5, 5.41) is 31.4. The minimum atomic E-state index is -1.90. The van der Waals surface area contributed by atoms with Gasteiger partial charge in [0.15, 0.2) is 24.6 Å². The number of hydrogen-bond donors (Lipinski definition) is 3. The maximum atomic E-state index is 13.1. The van der Waals surface area contributed by atoms with E-state index >= 15 is 0 Å². The van der Waals surface area contributed by atoms with Crippen LogP contribution in [0.25, 0.3) is 0 Å². The van der Waals surface area contributed by atoms with E-state index in [0.717, 1.165) is 96.3 Å². The van der Waals surface area contributed by atoms with Crippen LogP contribution in [-0.2, 0) is 42.9 Å². The molecular formula is C61H110O12. The van der Waals surface area contributed by atoms with Gasteiger partial charge in [0.25, 0.3) is 0 Å². The Morgan fingerprint density at radius 3 is 1.21 bits per heavy atom. The predicted molar refractivity (Wildman–Crippen MR) is 294 cm³/mol. The first-order valence-corrected chi connectivity index (χ1v) is 30.3. The highest BCUT2D eigenvalue weighted by molar-refractivity contribution is 5.74. The second-order valence-corrected chi connectivity index (χ2v) is 21.0. The Morgan fingerprint density at radius 1 is 0.438 bits per heavy atom. The summed E-state index contributed by atoms with van der Waals surface area (Å²) in [5.74, 6) is -3.11. The molecule has 0 aromatic rings. The van der Waals surface area contributed by atoms with Crippen LogP contribution in [0, 0.1) is 0 Å². The van der Waals surface area contributed by atoms with Crippen molar-refractivity contribution in [1.29, 1.82) is 0 Å². The summed E-state index contributed by atoms with van der Waals surface area (Å²) in [6, 6.07) is 0. The number of carboxylic acids is 1. The Labute approximate surface area is 445 Å². The summed E-state index contributed by atoms with van der Waals surface area (Å²) in [5.41, 5.74) is 0. The molecule has 0 aromatic heterocycles. The molecule has 73 heavy (non-hydrogen) atoms. The summed E-state index contributed by atoms with van der Waals surface area (Å²) >= 11 is 0. The molecule has 1 aliphatic heterocycles. The third-order valence-electron chi connectivity index (χ3n) is 14.0. The molecule has 6 atom stereocenters. The molecule has 1 heterocycles. The van der Waals surface area contributed by atoms with Crippen molar-refractivity contribution in [2.75, 3.05) is 13.2 Å². The van der Waals surface area contributed by atoms with Crippen LogP contribution in [0.4, 0.5) is 0 Å². The molecule has 0 saturated carbocycles. The second kappa shape index (κ2) is 50.0. The number of esters is 3. The van der Waals surface area contributed by atoms with Crippen LogP contribution >= 0.6 is 0 Å². The molecule has 1 rings (SSSR count). The molecular weight excluding hydrogens is 925 g/mol. The number of carbonyl (C=O) groups is 4. The number of aliphatic hydroxyl groups is 2. The largest absolute Gasteiger partial charge is 0.479 e. The van der Waals surface area contributed by atoms with Gasteiger partial charge in [-0.1, -0.05) is 231 Å². The van der Waals surface area contributed by atoms with E-state index in [1.54, 1.807) is 0 Å². The lowest BCUT2D eigenvalue weighted by molar-refractivity contribution is -0.301. The molecule has 3 N–H and O–H groups in total. The van der Waals surface area contributed by atoms with Crippen molar-refractivity contribution in [1.82, 2.24) is 0 Å². The van der Waals surface area contributed by atoms with Crippen LogP contribution in [0.15, 0.2) is 24.3 Å². The van der Waals surface area contributed by atoms with Crippen molar-refractivity contribution in [2.45, 2.75) is 327 Å². The molecule has 12 nitrogen and oxygen atoms in total. The third-order valence-corrected chi connectivity index (χ3v) is 14.0. The standard InChI is InChI=1S/C61H110O12/c1-4-7-10-13-16-19-22-24-26-27-29-30-33-35-38-41-44-47-53(62)69-50-52(71-54(63)48-45-42-39-37-34-31-28-25-23-20-17-14-11-8-5-2)51-70-61-59(57(66)56(65)58(73-61)60(67)68)72-55(64)49-46-43-40-36-32-21-18-15-12-9-6-3/h15,18,25,28,52,56-59,61,65-66H,4-14,16-17,19-24,26-27,29-51H2,1-3H3,(H,67,68)/b18-15-,28-25-. The van der Waals surface area contributed by atoms with Crippen molar-refractivity contribution >= 4 is 23.9 Å². The molecule has 0 amide bonds. The molecule has 0 aromatic carbocycles. The van der Waals surface area contributed by atoms with E-state index in [-0.39, 0.29) is 25.9 Å². The molecule has 0 radical (unpaired) electrons. The fourth-order valence-electron chi connectivity index (χ4n) is 9.29. The number of carboxylic acid groups (broad SMARTS) is 1. The number of unbranched alkanes of at least 4 members (excludes halogenated alkanes) is 34. The molecule has 0 spiro atoms. The number of carbonyl (C=O) groups excluding carboxylic acids is 3. The second-order valence-electron chi connectivity index (χ2n) is 21.0. The van der Waals surface area contributed by atoms with Crippen LogP contribution < -0.4 is 0 Å². The number of allylic oxidation sites excluding steroid dienone is 4. The van der Waals surface area contributed by atoms with E-state index in [1.807, 2.05) is 0 Å². The number of rotatable bonds is 52. The van der Waals surface area contributed by atoms with E-state index in [2.05, 4.69) is 45.1 Å². The van der Waals surface area contributed by atoms with Crippen molar-refractivity contribution in [2.24, 2.45) is 0 Å². The van der Waals surface area contributed by atoms with Crippen molar-refractivity contribution in [3.63, 3.8) is 0 Å². The highest BCUT2D eigenvalue weighted by atomic mass is 16.7. The van der Waals surface area contributed by atoms with Crippen molar-refractivity contribution in [3.8, 4) is 0 Å². The van der Waals surface area contributed by atoms with E-state index < -0.39 is 67.3 Å². The first kappa shape index (κ1) is 68.2. The van der Waals surface area contributed by atoms with Gasteiger partial charge in [-0.15, -0.1) is 0 Å².